The second kappa shape index (κ2) is 11.6. The second-order valence-electron chi connectivity index (χ2n) is 8.12. The van der Waals surface area contributed by atoms with Gasteiger partial charge in [0.2, 0.25) is 11.9 Å². The molecule has 0 aliphatic heterocycles. The largest absolute Gasteiger partial charge is 0.325 e. The van der Waals surface area contributed by atoms with Gasteiger partial charge in [0.1, 0.15) is 6.54 Å². The van der Waals surface area contributed by atoms with E-state index in [1.165, 1.54) is 60.8 Å². The number of amides is 1. The smallest absolute Gasteiger partial charge is 0.264 e. The lowest BCUT2D eigenvalue weighted by molar-refractivity contribution is -0.114. The number of hydrogen-bond acceptors (Lipinski definition) is 7. The molecule has 202 valence electrons. The molecule has 39 heavy (non-hydrogen) atoms. The molecule has 0 aliphatic rings. The van der Waals surface area contributed by atoms with Crippen LogP contribution in [0, 0.1) is 6.92 Å². The van der Waals surface area contributed by atoms with Crippen molar-refractivity contribution in [3.63, 3.8) is 0 Å². The summed E-state index contributed by atoms with van der Waals surface area (Å²) in [6.45, 7) is 1.10. The van der Waals surface area contributed by atoms with Crippen molar-refractivity contribution in [2.45, 2.75) is 16.7 Å². The first kappa shape index (κ1) is 28.3. The van der Waals surface area contributed by atoms with Crippen LogP contribution >= 0.6 is 23.2 Å². The van der Waals surface area contributed by atoms with E-state index in [1.54, 1.807) is 31.2 Å². The summed E-state index contributed by atoms with van der Waals surface area (Å²) in [5.74, 6) is -0.753. The van der Waals surface area contributed by atoms with Gasteiger partial charge in [-0.3, -0.25) is 9.10 Å². The minimum absolute atomic E-state index is 0.0245. The Labute approximate surface area is 235 Å². The highest BCUT2D eigenvalue weighted by molar-refractivity contribution is 7.93. The van der Waals surface area contributed by atoms with Crippen molar-refractivity contribution in [2.24, 2.45) is 0 Å². The van der Waals surface area contributed by atoms with E-state index in [9.17, 15) is 21.6 Å². The summed E-state index contributed by atoms with van der Waals surface area (Å²) < 4.78 is 55.4. The van der Waals surface area contributed by atoms with Crippen molar-refractivity contribution < 1.29 is 21.6 Å². The highest BCUT2D eigenvalue weighted by Gasteiger charge is 2.28. The second-order valence-corrected chi connectivity index (χ2v) is 12.5. The maximum atomic E-state index is 13.4. The molecule has 0 unspecified atom stereocenters. The van der Waals surface area contributed by atoms with Gasteiger partial charge in [0.05, 0.1) is 25.5 Å². The molecular weight excluding hydrogens is 585 g/mol. The van der Waals surface area contributed by atoms with Crippen LogP contribution in [0.25, 0.3) is 0 Å². The van der Waals surface area contributed by atoms with Crippen LogP contribution in [0.5, 0.6) is 0 Å². The molecule has 4 aromatic rings. The van der Waals surface area contributed by atoms with Crippen LogP contribution in [0.4, 0.5) is 17.3 Å². The molecule has 0 saturated heterocycles. The van der Waals surface area contributed by atoms with Gasteiger partial charge in [0.25, 0.3) is 20.0 Å². The lowest BCUT2D eigenvalue weighted by Crippen LogP contribution is -2.38. The van der Waals surface area contributed by atoms with Crippen molar-refractivity contribution >= 4 is 66.5 Å². The van der Waals surface area contributed by atoms with Gasteiger partial charge >= 0.3 is 0 Å². The molecule has 0 saturated carbocycles. The van der Waals surface area contributed by atoms with E-state index in [2.05, 4.69) is 20.0 Å². The van der Waals surface area contributed by atoms with Crippen LogP contribution in [0.3, 0.4) is 0 Å². The van der Waals surface area contributed by atoms with E-state index in [4.69, 9.17) is 23.2 Å². The zero-order valence-corrected chi connectivity index (χ0v) is 23.4. The maximum Gasteiger partial charge on any atom is 0.264 e. The Morgan fingerprint density at radius 3 is 2.21 bits per heavy atom. The Kier molecular flexibility index (Phi) is 8.40. The Balaban J connectivity index is 1.54. The van der Waals surface area contributed by atoms with E-state index in [0.29, 0.717) is 5.69 Å². The van der Waals surface area contributed by atoms with Crippen molar-refractivity contribution in [3.8, 4) is 0 Å². The van der Waals surface area contributed by atoms with Crippen molar-refractivity contribution in [3.05, 3.63) is 101 Å². The number of aryl methyl sites for hydroxylation is 1. The lowest BCUT2D eigenvalue weighted by Gasteiger charge is -2.24. The Morgan fingerprint density at radius 2 is 1.56 bits per heavy atom. The first-order chi connectivity index (χ1) is 18.5. The van der Waals surface area contributed by atoms with Crippen LogP contribution in [0.1, 0.15) is 5.69 Å². The van der Waals surface area contributed by atoms with Crippen LogP contribution < -0.4 is 14.3 Å². The average molecular weight is 607 g/mol. The van der Waals surface area contributed by atoms with Crippen LogP contribution in [0.15, 0.2) is 94.9 Å². The van der Waals surface area contributed by atoms with Crippen molar-refractivity contribution in [1.82, 2.24) is 9.97 Å². The number of aromatic nitrogens is 2. The molecule has 0 fully saturated rings. The van der Waals surface area contributed by atoms with Crippen molar-refractivity contribution in [2.75, 3.05) is 20.9 Å². The molecule has 3 aromatic carbocycles. The van der Waals surface area contributed by atoms with Crippen LogP contribution in [-0.4, -0.2) is 39.3 Å². The van der Waals surface area contributed by atoms with Gasteiger partial charge in [-0.05, 0) is 67.6 Å². The fourth-order valence-electron chi connectivity index (χ4n) is 3.40. The summed E-state index contributed by atoms with van der Waals surface area (Å²) in [5.41, 5.74) is 0.969. The monoisotopic (exact) mass is 605 g/mol. The highest BCUT2D eigenvalue weighted by atomic mass is 35.5. The fraction of sp³-hybridized carbons (Fsp3) is 0.0800. The lowest BCUT2D eigenvalue weighted by atomic mass is 10.3. The number of anilines is 3. The molecule has 1 heterocycles. The van der Waals surface area contributed by atoms with Gasteiger partial charge in [-0.1, -0.05) is 41.4 Å². The zero-order valence-electron chi connectivity index (χ0n) is 20.2. The molecule has 0 spiro atoms. The first-order valence-electron chi connectivity index (χ1n) is 11.2. The van der Waals surface area contributed by atoms with E-state index in [0.717, 1.165) is 4.31 Å². The number of sulfonamides is 2. The first-order valence-corrected chi connectivity index (χ1v) is 14.9. The summed E-state index contributed by atoms with van der Waals surface area (Å²) in [6, 6.07) is 18.8. The molecule has 4 rings (SSSR count). The van der Waals surface area contributed by atoms with Gasteiger partial charge in [-0.15, -0.1) is 0 Å². The molecule has 0 atom stereocenters. The minimum atomic E-state index is -4.16. The van der Waals surface area contributed by atoms with Gasteiger partial charge in [0, 0.05) is 17.6 Å². The Morgan fingerprint density at radius 1 is 0.872 bits per heavy atom. The number of benzene rings is 3. The number of halogens is 2. The Hall–Kier alpha value is -3.71. The highest BCUT2D eigenvalue weighted by Crippen LogP contribution is 2.30. The number of carbonyl (C=O) groups is 1. The Bertz CT molecular complexity index is 1720. The molecule has 10 nitrogen and oxygen atoms in total. The summed E-state index contributed by atoms with van der Waals surface area (Å²) >= 11 is 12.1. The maximum absolute atomic E-state index is 13.4. The van der Waals surface area contributed by atoms with Crippen molar-refractivity contribution in [1.29, 1.82) is 0 Å². The number of nitrogens with one attached hydrogen (secondary N) is 2. The normalized spacial score (nSPS) is 11.6. The molecule has 1 amide bonds. The number of nitrogens with zero attached hydrogens (tertiary/aromatic N) is 3. The summed E-state index contributed by atoms with van der Waals surface area (Å²) in [4.78, 5) is 20.7. The third-order valence-electron chi connectivity index (χ3n) is 5.28. The van der Waals surface area contributed by atoms with E-state index < -0.39 is 32.5 Å². The molecule has 0 aliphatic carbocycles. The molecular formula is C25H21Cl2N5O5S2. The van der Waals surface area contributed by atoms with Crippen LogP contribution in [0.2, 0.25) is 10.0 Å². The van der Waals surface area contributed by atoms with Gasteiger partial charge < -0.3 is 5.32 Å². The van der Waals surface area contributed by atoms with E-state index in [1.807, 2.05) is 0 Å². The summed E-state index contributed by atoms with van der Waals surface area (Å²) in [7, 11) is -8.15. The van der Waals surface area contributed by atoms with Gasteiger partial charge in [-0.2, -0.15) is 0 Å². The predicted molar refractivity (Wildman–Crippen MR) is 150 cm³/mol. The molecule has 2 N–H and O–H groups in total. The zero-order chi connectivity index (χ0) is 28.2. The third kappa shape index (κ3) is 6.84. The summed E-state index contributed by atoms with van der Waals surface area (Å²) in [5, 5.41) is 2.92. The third-order valence-corrected chi connectivity index (χ3v) is 9.15. The number of hydrogen-bond donors (Lipinski definition) is 2. The van der Waals surface area contributed by atoms with Gasteiger partial charge in [-0.25, -0.2) is 31.5 Å². The minimum Gasteiger partial charge on any atom is -0.325 e. The summed E-state index contributed by atoms with van der Waals surface area (Å²) in [6.07, 6.45) is 1.43. The SMILES string of the molecule is Cc1ccnc(NS(=O)(=O)c2ccc(NC(=O)CN(c3ccc(Cl)c(Cl)c3)S(=O)(=O)c3ccccc3)cc2)n1. The predicted octanol–water partition coefficient (Wildman–Crippen LogP) is 4.73. The van der Waals surface area contributed by atoms with E-state index in [-0.39, 0.29) is 37.2 Å². The number of carbonyl (C=O) groups excluding carboxylic acids is 1. The molecule has 0 bridgehead atoms. The topological polar surface area (TPSA) is 138 Å². The number of rotatable bonds is 9. The van der Waals surface area contributed by atoms with Gasteiger partial charge in [0.15, 0.2) is 0 Å². The van der Waals surface area contributed by atoms with E-state index >= 15 is 0 Å². The molecule has 1 aromatic heterocycles. The quantitative estimate of drug-likeness (QED) is 0.281. The van der Waals surface area contributed by atoms with Crippen LogP contribution in [-0.2, 0) is 24.8 Å². The average Bonchev–Trinajstić information content (AvgIpc) is 2.89. The fourth-order valence-corrected chi connectivity index (χ4v) is 6.08. The molecule has 14 heteroatoms. The molecule has 0 radical (unpaired) electrons. The standard InChI is InChI=1S/C25H21Cl2N5O5S2/c1-17-13-14-28-25(29-17)31-38(34,35)20-10-7-18(8-11-20)30-24(33)16-32(19-9-12-22(26)23(27)15-19)39(36,37)21-5-3-2-4-6-21/h2-15H,16H2,1H3,(H,30,33)(H,28,29,31).